The van der Waals surface area contributed by atoms with Gasteiger partial charge in [-0.2, -0.15) is 0 Å². The van der Waals surface area contributed by atoms with Crippen LogP contribution in [0.3, 0.4) is 0 Å². The summed E-state index contributed by atoms with van der Waals surface area (Å²) in [4.78, 5) is 23.5. The largest absolute Gasteiger partial charge is 0.484 e. The van der Waals surface area contributed by atoms with E-state index in [2.05, 4.69) is 10.6 Å². The molecule has 0 spiro atoms. The Hall–Kier alpha value is -2.86. The van der Waals surface area contributed by atoms with E-state index in [0.717, 1.165) is 11.1 Å². The number of carbonyl (C=O) groups excluding carboxylic acids is 2. The second kappa shape index (κ2) is 10.1. The zero-order valence-corrected chi connectivity index (χ0v) is 14.2. The number of hydrogen-bond donors (Lipinski definition) is 2. The molecule has 2 N–H and O–H groups in total. The minimum absolute atomic E-state index is 0.0885. The molecule has 2 aromatic rings. The van der Waals surface area contributed by atoms with Crippen molar-refractivity contribution in [2.75, 3.05) is 20.3 Å². The monoisotopic (exact) mass is 342 g/mol. The maximum absolute atomic E-state index is 11.8. The van der Waals surface area contributed by atoms with Crippen LogP contribution in [0.2, 0.25) is 0 Å². The minimum atomic E-state index is -0.346. The van der Waals surface area contributed by atoms with Crippen molar-refractivity contribution in [3.63, 3.8) is 0 Å². The van der Waals surface area contributed by atoms with Gasteiger partial charge in [-0.1, -0.05) is 42.5 Å². The predicted molar refractivity (Wildman–Crippen MR) is 93.9 cm³/mol. The van der Waals surface area contributed by atoms with Crippen molar-refractivity contribution in [1.29, 1.82) is 0 Å². The molecule has 2 rings (SSSR count). The van der Waals surface area contributed by atoms with Crippen LogP contribution in [0.25, 0.3) is 0 Å². The molecule has 0 saturated heterocycles. The Bertz CT molecular complexity index is 689. The van der Waals surface area contributed by atoms with E-state index in [0.29, 0.717) is 18.9 Å². The van der Waals surface area contributed by atoms with Crippen LogP contribution in [0.5, 0.6) is 5.75 Å². The van der Waals surface area contributed by atoms with E-state index in [-0.39, 0.29) is 25.0 Å². The highest BCUT2D eigenvalue weighted by molar-refractivity contribution is 5.85. The number of methoxy groups -OCH3 is 1. The van der Waals surface area contributed by atoms with Crippen molar-refractivity contribution in [3.05, 3.63) is 65.7 Å². The lowest BCUT2D eigenvalue weighted by Gasteiger charge is -2.09. The summed E-state index contributed by atoms with van der Waals surface area (Å²) in [6, 6.07) is 16.8. The first-order valence-electron chi connectivity index (χ1n) is 7.95. The molecule has 0 fully saturated rings. The van der Waals surface area contributed by atoms with Crippen LogP contribution in [-0.4, -0.2) is 32.1 Å². The smallest absolute Gasteiger partial charge is 0.258 e. The number of para-hydroxylation sites is 1. The van der Waals surface area contributed by atoms with E-state index in [1.54, 1.807) is 19.2 Å². The summed E-state index contributed by atoms with van der Waals surface area (Å²) in [5.74, 6) is 0.00402. The molecule has 0 radical (unpaired) electrons. The molecule has 6 heteroatoms. The second-order valence-corrected chi connectivity index (χ2v) is 5.41. The van der Waals surface area contributed by atoms with Gasteiger partial charge < -0.3 is 20.1 Å². The SMILES string of the molecule is COCc1cccc(CNC(=O)CNC(=O)COc2ccccc2)c1. The maximum atomic E-state index is 11.8. The molecule has 132 valence electrons. The fourth-order valence-corrected chi connectivity index (χ4v) is 2.15. The van der Waals surface area contributed by atoms with Crippen molar-refractivity contribution in [1.82, 2.24) is 10.6 Å². The van der Waals surface area contributed by atoms with E-state index in [4.69, 9.17) is 9.47 Å². The quantitative estimate of drug-likeness (QED) is 0.726. The number of nitrogens with one attached hydrogen (secondary N) is 2. The number of amides is 2. The fraction of sp³-hybridized carbons (Fsp3) is 0.263. The normalized spacial score (nSPS) is 10.1. The Morgan fingerprint density at radius 3 is 2.44 bits per heavy atom. The van der Waals surface area contributed by atoms with Crippen molar-refractivity contribution >= 4 is 11.8 Å². The zero-order chi connectivity index (χ0) is 17.9. The average Bonchev–Trinajstić information content (AvgIpc) is 2.64. The molecule has 0 aliphatic rings. The van der Waals surface area contributed by atoms with Gasteiger partial charge in [-0.3, -0.25) is 9.59 Å². The Morgan fingerprint density at radius 2 is 1.68 bits per heavy atom. The van der Waals surface area contributed by atoms with Gasteiger partial charge in [0.25, 0.3) is 5.91 Å². The summed E-state index contributed by atoms with van der Waals surface area (Å²) in [6.45, 7) is 0.705. The highest BCUT2D eigenvalue weighted by atomic mass is 16.5. The van der Waals surface area contributed by atoms with E-state index < -0.39 is 0 Å². The van der Waals surface area contributed by atoms with E-state index in [9.17, 15) is 9.59 Å². The van der Waals surface area contributed by atoms with Crippen LogP contribution in [-0.2, 0) is 27.5 Å². The molecule has 0 aromatic heterocycles. The number of rotatable bonds is 9. The fourth-order valence-electron chi connectivity index (χ4n) is 2.15. The van der Waals surface area contributed by atoms with E-state index in [1.807, 2.05) is 42.5 Å². The Kier molecular flexibility index (Phi) is 7.46. The number of carbonyl (C=O) groups is 2. The molecule has 0 aliphatic heterocycles. The van der Waals surface area contributed by atoms with Crippen LogP contribution in [0.4, 0.5) is 0 Å². The lowest BCUT2D eigenvalue weighted by molar-refractivity contribution is -0.127. The standard InChI is InChI=1S/C19H22N2O4/c1-24-13-16-7-5-6-15(10-16)11-20-18(22)12-21-19(23)14-25-17-8-3-2-4-9-17/h2-10H,11-14H2,1H3,(H,20,22)(H,21,23). The average molecular weight is 342 g/mol. The van der Waals surface area contributed by atoms with Crippen LogP contribution in [0, 0.1) is 0 Å². The van der Waals surface area contributed by atoms with Crippen molar-refractivity contribution < 1.29 is 19.1 Å². The molecule has 0 saturated carbocycles. The van der Waals surface area contributed by atoms with Gasteiger partial charge in [0, 0.05) is 13.7 Å². The number of benzene rings is 2. The highest BCUT2D eigenvalue weighted by Crippen LogP contribution is 2.07. The molecular weight excluding hydrogens is 320 g/mol. The number of ether oxygens (including phenoxy) is 2. The third-order valence-electron chi connectivity index (χ3n) is 3.35. The first kappa shape index (κ1) is 18.5. The van der Waals surface area contributed by atoms with Gasteiger partial charge in [-0.25, -0.2) is 0 Å². The summed E-state index contributed by atoms with van der Waals surface area (Å²) in [7, 11) is 1.64. The first-order valence-corrected chi connectivity index (χ1v) is 7.95. The van der Waals surface area contributed by atoms with Gasteiger partial charge in [-0.05, 0) is 23.3 Å². The van der Waals surface area contributed by atoms with Crippen LogP contribution in [0.1, 0.15) is 11.1 Å². The lowest BCUT2D eigenvalue weighted by Crippen LogP contribution is -2.38. The topological polar surface area (TPSA) is 76.7 Å². The summed E-state index contributed by atoms with van der Waals surface area (Å²) in [5.41, 5.74) is 2.02. The molecule has 25 heavy (non-hydrogen) atoms. The van der Waals surface area contributed by atoms with Crippen molar-refractivity contribution in [2.45, 2.75) is 13.2 Å². The van der Waals surface area contributed by atoms with Crippen LogP contribution >= 0.6 is 0 Å². The summed E-state index contributed by atoms with van der Waals surface area (Å²) in [5, 5.41) is 5.29. The lowest BCUT2D eigenvalue weighted by atomic mass is 10.1. The maximum Gasteiger partial charge on any atom is 0.258 e. The molecule has 0 atom stereocenters. The molecule has 0 aliphatic carbocycles. The number of hydrogen-bond acceptors (Lipinski definition) is 4. The summed E-state index contributed by atoms with van der Waals surface area (Å²) >= 11 is 0. The van der Waals surface area contributed by atoms with Crippen molar-refractivity contribution in [2.24, 2.45) is 0 Å². The summed E-state index contributed by atoms with van der Waals surface area (Å²) in [6.07, 6.45) is 0. The van der Waals surface area contributed by atoms with Crippen LogP contribution < -0.4 is 15.4 Å². The third-order valence-corrected chi connectivity index (χ3v) is 3.35. The van der Waals surface area contributed by atoms with Gasteiger partial charge in [0.1, 0.15) is 5.75 Å². The third kappa shape index (κ3) is 7.05. The molecular formula is C19H22N2O4. The van der Waals surface area contributed by atoms with Gasteiger partial charge >= 0.3 is 0 Å². The minimum Gasteiger partial charge on any atom is -0.484 e. The Labute approximate surface area is 147 Å². The highest BCUT2D eigenvalue weighted by Gasteiger charge is 2.06. The molecule has 2 amide bonds. The molecule has 0 unspecified atom stereocenters. The van der Waals surface area contributed by atoms with Gasteiger partial charge in [0.05, 0.1) is 13.2 Å². The molecule has 0 bridgehead atoms. The zero-order valence-electron chi connectivity index (χ0n) is 14.2. The van der Waals surface area contributed by atoms with E-state index >= 15 is 0 Å². The molecule has 6 nitrogen and oxygen atoms in total. The predicted octanol–water partition coefficient (Wildman–Crippen LogP) is 1.64. The molecule has 2 aromatic carbocycles. The Balaban J connectivity index is 1.66. The van der Waals surface area contributed by atoms with E-state index in [1.165, 1.54) is 0 Å². The van der Waals surface area contributed by atoms with Gasteiger partial charge in [0.2, 0.25) is 5.91 Å². The van der Waals surface area contributed by atoms with Gasteiger partial charge in [-0.15, -0.1) is 0 Å². The van der Waals surface area contributed by atoms with Gasteiger partial charge in [0.15, 0.2) is 6.61 Å². The Morgan fingerprint density at radius 1 is 0.920 bits per heavy atom. The summed E-state index contributed by atoms with van der Waals surface area (Å²) < 4.78 is 10.4. The second-order valence-electron chi connectivity index (χ2n) is 5.41. The van der Waals surface area contributed by atoms with Crippen molar-refractivity contribution in [3.8, 4) is 5.75 Å². The molecule has 0 heterocycles. The first-order chi connectivity index (χ1) is 12.2. The van der Waals surface area contributed by atoms with Crippen LogP contribution in [0.15, 0.2) is 54.6 Å².